The summed E-state index contributed by atoms with van der Waals surface area (Å²) in [6.45, 7) is 0. The summed E-state index contributed by atoms with van der Waals surface area (Å²) in [6, 6.07) is 0. The third-order valence-electron chi connectivity index (χ3n) is 3.78. The van der Waals surface area contributed by atoms with Gasteiger partial charge >= 0.3 is 5.97 Å². The standard InChI is InChI=1S/C12H9ClN4O2/c13-8-3-14-4-9(15-8)17-11-6-1-5(6)2-7(11)10(16-17)12(18)19/h3-6H,1-2H2,(H,18,19)/t5-,6-/m1/s1. The number of fused-ring (bicyclic) bond motifs is 3. The van der Waals surface area contributed by atoms with Crippen LogP contribution in [-0.4, -0.2) is 30.8 Å². The van der Waals surface area contributed by atoms with E-state index in [0.29, 0.717) is 17.7 Å². The largest absolute Gasteiger partial charge is 0.476 e. The Morgan fingerprint density at radius 2 is 2.32 bits per heavy atom. The average Bonchev–Trinajstić information content (AvgIpc) is 2.87. The monoisotopic (exact) mass is 276 g/mol. The number of hydrogen-bond donors (Lipinski definition) is 1. The summed E-state index contributed by atoms with van der Waals surface area (Å²) >= 11 is 5.83. The highest BCUT2D eigenvalue weighted by Crippen LogP contribution is 2.57. The molecule has 0 saturated heterocycles. The molecule has 2 aromatic heterocycles. The van der Waals surface area contributed by atoms with Crippen molar-refractivity contribution < 1.29 is 9.90 Å². The Morgan fingerprint density at radius 1 is 1.47 bits per heavy atom. The molecule has 0 aromatic carbocycles. The van der Waals surface area contributed by atoms with Crippen molar-refractivity contribution in [3.8, 4) is 5.82 Å². The zero-order valence-electron chi connectivity index (χ0n) is 9.75. The minimum Gasteiger partial charge on any atom is -0.476 e. The Labute approximate surface area is 113 Å². The summed E-state index contributed by atoms with van der Waals surface area (Å²) < 4.78 is 1.59. The van der Waals surface area contributed by atoms with Crippen LogP contribution < -0.4 is 0 Å². The van der Waals surface area contributed by atoms with Crippen molar-refractivity contribution in [2.75, 3.05) is 0 Å². The number of carboxylic acid groups (broad SMARTS) is 1. The van der Waals surface area contributed by atoms with Gasteiger partial charge in [0, 0.05) is 11.5 Å². The maximum atomic E-state index is 11.3. The molecule has 19 heavy (non-hydrogen) atoms. The first-order chi connectivity index (χ1) is 9.15. The van der Waals surface area contributed by atoms with Crippen LogP contribution in [0.5, 0.6) is 0 Å². The molecule has 0 spiro atoms. The number of hydrogen-bond acceptors (Lipinski definition) is 4. The Morgan fingerprint density at radius 3 is 3.05 bits per heavy atom. The molecule has 0 amide bonds. The predicted octanol–water partition coefficient (Wildman–Crippen LogP) is 1.67. The van der Waals surface area contributed by atoms with Crippen molar-refractivity contribution in [3.05, 3.63) is 34.5 Å². The molecule has 1 saturated carbocycles. The average molecular weight is 277 g/mol. The Balaban J connectivity index is 1.94. The van der Waals surface area contributed by atoms with Crippen LogP contribution >= 0.6 is 11.6 Å². The smallest absolute Gasteiger partial charge is 0.356 e. The van der Waals surface area contributed by atoms with Gasteiger partial charge in [-0.25, -0.2) is 14.5 Å². The van der Waals surface area contributed by atoms with Gasteiger partial charge < -0.3 is 5.11 Å². The molecule has 0 unspecified atom stereocenters. The van der Waals surface area contributed by atoms with E-state index in [9.17, 15) is 9.90 Å². The lowest BCUT2D eigenvalue weighted by atomic mass is 10.1. The molecule has 2 aromatic rings. The van der Waals surface area contributed by atoms with Crippen LogP contribution in [0.15, 0.2) is 12.4 Å². The number of aromatic carboxylic acids is 1. The summed E-state index contributed by atoms with van der Waals surface area (Å²) in [5.74, 6) is 0.468. The van der Waals surface area contributed by atoms with E-state index in [1.807, 2.05) is 0 Å². The van der Waals surface area contributed by atoms with Gasteiger partial charge in [0.2, 0.25) is 0 Å². The zero-order chi connectivity index (χ0) is 13.1. The first kappa shape index (κ1) is 10.9. The van der Waals surface area contributed by atoms with E-state index in [0.717, 1.165) is 24.1 Å². The number of carbonyl (C=O) groups is 1. The van der Waals surface area contributed by atoms with E-state index in [4.69, 9.17) is 11.6 Å². The van der Waals surface area contributed by atoms with Crippen LogP contribution in [0, 0.1) is 5.92 Å². The minimum atomic E-state index is -0.994. The van der Waals surface area contributed by atoms with Crippen molar-refractivity contribution in [1.29, 1.82) is 0 Å². The quantitative estimate of drug-likeness (QED) is 0.902. The fraction of sp³-hybridized carbons (Fsp3) is 0.333. The molecule has 7 heteroatoms. The maximum Gasteiger partial charge on any atom is 0.356 e. The lowest BCUT2D eigenvalue weighted by Gasteiger charge is -2.04. The highest BCUT2D eigenvalue weighted by atomic mass is 35.5. The number of nitrogens with zero attached hydrogens (tertiary/aromatic N) is 4. The number of rotatable bonds is 2. The highest BCUT2D eigenvalue weighted by molar-refractivity contribution is 6.29. The van der Waals surface area contributed by atoms with Crippen LogP contribution in [0.3, 0.4) is 0 Å². The molecule has 0 bridgehead atoms. The third kappa shape index (κ3) is 1.49. The molecule has 0 radical (unpaired) electrons. The molecular weight excluding hydrogens is 268 g/mol. The van der Waals surface area contributed by atoms with Crippen LogP contribution in [0.1, 0.15) is 34.1 Å². The summed E-state index contributed by atoms with van der Waals surface area (Å²) in [6.07, 6.45) is 4.88. The van der Waals surface area contributed by atoms with Gasteiger partial charge in [-0.2, -0.15) is 5.10 Å². The Kier molecular flexibility index (Phi) is 2.04. The summed E-state index contributed by atoms with van der Waals surface area (Å²) in [5.41, 5.74) is 1.94. The highest BCUT2D eigenvalue weighted by Gasteiger charge is 2.50. The lowest BCUT2D eigenvalue weighted by molar-refractivity contribution is 0.0688. The van der Waals surface area contributed by atoms with Gasteiger partial charge in [-0.15, -0.1) is 0 Å². The summed E-state index contributed by atoms with van der Waals surface area (Å²) in [5, 5.41) is 13.7. The molecule has 96 valence electrons. The molecule has 6 nitrogen and oxygen atoms in total. The van der Waals surface area contributed by atoms with Gasteiger partial charge in [0.15, 0.2) is 11.5 Å². The van der Waals surface area contributed by atoms with Crippen molar-refractivity contribution >= 4 is 17.6 Å². The van der Waals surface area contributed by atoms with Gasteiger partial charge in [0.1, 0.15) is 5.15 Å². The third-order valence-corrected chi connectivity index (χ3v) is 3.96. The van der Waals surface area contributed by atoms with Crippen molar-refractivity contribution in [2.45, 2.75) is 18.8 Å². The molecule has 1 fully saturated rings. The summed E-state index contributed by atoms with van der Waals surface area (Å²) in [4.78, 5) is 19.4. The maximum absolute atomic E-state index is 11.3. The molecular formula is C12H9ClN4O2. The second-order valence-corrected chi connectivity index (χ2v) is 5.32. The van der Waals surface area contributed by atoms with Crippen LogP contribution in [0.4, 0.5) is 0 Å². The normalized spacial score (nSPS) is 23.0. The van der Waals surface area contributed by atoms with E-state index in [1.165, 1.54) is 6.20 Å². The molecule has 2 aliphatic carbocycles. The Bertz CT molecular complexity index is 712. The van der Waals surface area contributed by atoms with Crippen LogP contribution in [0.25, 0.3) is 5.82 Å². The SMILES string of the molecule is O=C(O)c1nn(-c2cncc(Cl)n2)c2c1C[C@H]1C[C@@H]21. The van der Waals surface area contributed by atoms with E-state index in [-0.39, 0.29) is 10.8 Å². The van der Waals surface area contributed by atoms with E-state index < -0.39 is 5.97 Å². The molecule has 2 atom stereocenters. The molecule has 4 rings (SSSR count). The zero-order valence-corrected chi connectivity index (χ0v) is 10.5. The van der Waals surface area contributed by atoms with Gasteiger partial charge in [0.05, 0.1) is 18.1 Å². The number of halogens is 1. The molecule has 0 aliphatic heterocycles. The van der Waals surface area contributed by atoms with Crippen LogP contribution in [0.2, 0.25) is 5.15 Å². The fourth-order valence-electron chi connectivity index (χ4n) is 2.90. The van der Waals surface area contributed by atoms with E-state index >= 15 is 0 Å². The fourth-order valence-corrected chi connectivity index (χ4v) is 3.04. The number of carboxylic acids is 1. The number of aromatic nitrogens is 4. The lowest BCUT2D eigenvalue weighted by Crippen LogP contribution is -2.06. The second kappa shape index (κ2) is 3.54. The molecule has 1 N–H and O–H groups in total. The van der Waals surface area contributed by atoms with E-state index in [2.05, 4.69) is 15.1 Å². The van der Waals surface area contributed by atoms with Gasteiger partial charge in [-0.1, -0.05) is 11.6 Å². The van der Waals surface area contributed by atoms with Gasteiger partial charge in [-0.05, 0) is 18.8 Å². The second-order valence-electron chi connectivity index (χ2n) is 4.94. The first-order valence-corrected chi connectivity index (χ1v) is 6.36. The summed E-state index contributed by atoms with van der Waals surface area (Å²) in [7, 11) is 0. The topological polar surface area (TPSA) is 80.9 Å². The van der Waals surface area contributed by atoms with Gasteiger partial charge in [-0.3, -0.25) is 4.98 Å². The van der Waals surface area contributed by atoms with Gasteiger partial charge in [0.25, 0.3) is 0 Å². The first-order valence-electron chi connectivity index (χ1n) is 5.98. The van der Waals surface area contributed by atoms with Crippen molar-refractivity contribution in [3.63, 3.8) is 0 Å². The minimum absolute atomic E-state index is 0.129. The Hall–Kier alpha value is -1.95. The molecule has 2 aliphatic rings. The molecule has 2 heterocycles. The predicted molar refractivity (Wildman–Crippen MR) is 65.7 cm³/mol. The van der Waals surface area contributed by atoms with Crippen LogP contribution in [-0.2, 0) is 6.42 Å². The van der Waals surface area contributed by atoms with Crippen molar-refractivity contribution in [1.82, 2.24) is 19.7 Å². The van der Waals surface area contributed by atoms with E-state index in [1.54, 1.807) is 10.9 Å². The van der Waals surface area contributed by atoms with Crippen molar-refractivity contribution in [2.24, 2.45) is 5.92 Å².